The Morgan fingerprint density at radius 2 is 1.50 bits per heavy atom. The maximum Gasteiger partial charge on any atom is 0.272 e. The molecule has 9 heteroatoms. The predicted octanol–water partition coefficient (Wildman–Crippen LogP) is 5.94. The first-order valence-corrected chi connectivity index (χ1v) is 14.5. The molecule has 0 saturated carbocycles. The molecular formula is C31H25N3O4S2. The highest BCUT2D eigenvalue weighted by Crippen LogP contribution is 2.25. The van der Waals surface area contributed by atoms with Crippen molar-refractivity contribution in [3.05, 3.63) is 124 Å². The molecule has 1 aliphatic heterocycles. The molecule has 4 amide bonds. The van der Waals surface area contributed by atoms with Gasteiger partial charge in [-0.1, -0.05) is 36.4 Å². The van der Waals surface area contributed by atoms with Gasteiger partial charge >= 0.3 is 0 Å². The highest BCUT2D eigenvalue weighted by atomic mass is 32.2. The van der Waals surface area contributed by atoms with Crippen LogP contribution in [0.1, 0.15) is 42.4 Å². The van der Waals surface area contributed by atoms with Crippen molar-refractivity contribution >= 4 is 58.5 Å². The number of nitrogens with one attached hydrogen (secondary N) is 2. The smallest absolute Gasteiger partial charge is 0.272 e. The van der Waals surface area contributed by atoms with Crippen LogP contribution in [0, 0.1) is 0 Å². The van der Waals surface area contributed by atoms with Crippen LogP contribution in [0.4, 0.5) is 5.69 Å². The molecule has 0 spiro atoms. The van der Waals surface area contributed by atoms with E-state index < -0.39 is 5.91 Å². The number of nitrogens with zero attached hydrogens (tertiary/aromatic N) is 1. The first kappa shape index (κ1) is 27.1. The molecule has 1 aromatic heterocycles. The van der Waals surface area contributed by atoms with Gasteiger partial charge in [-0.25, -0.2) is 0 Å². The molecule has 0 saturated heterocycles. The van der Waals surface area contributed by atoms with Crippen LogP contribution in [0.2, 0.25) is 0 Å². The fourth-order valence-corrected chi connectivity index (χ4v) is 5.64. The monoisotopic (exact) mass is 567 g/mol. The highest BCUT2D eigenvalue weighted by Gasteiger charge is 2.34. The van der Waals surface area contributed by atoms with Crippen molar-refractivity contribution in [1.29, 1.82) is 0 Å². The van der Waals surface area contributed by atoms with Gasteiger partial charge in [0.1, 0.15) is 5.70 Å². The number of carbonyl (C=O) groups excluding carboxylic acids is 4. The van der Waals surface area contributed by atoms with Gasteiger partial charge in [0.05, 0.1) is 11.1 Å². The average molecular weight is 568 g/mol. The van der Waals surface area contributed by atoms with Crippen LogP contribution in [0.15, 0.2) is 107 Å². The molecule has 3 aromatic carbocycles. The third-order valence-corrected chi connectivity index (χ3v) is 8.06. The standard InChI is InChI=1S/C31H25N3O4S2/c35-28(21-8-2-1-3-9-21)33-27(20-24-10-6-18-40-24)29(36)32-22-13-15-23(16-14-22)39-19-7-17-34-30(37)25-11-4-5-12-26(25)31(34)38/h1-6,8-16,18,20H,7,17,19H2,(H,32,36)(H,33,35)/b27-20-. The zero-order valence-corrected chi connectivity index (χ0v) is 23.0. The van der Waals surface area contributed by atoms with Crippen LogP contribution in [-0.4, -0.2) is 40.8 Å². The van der Waals surface area contributed by atoms with Crippen molar-refractivity contribution in [2.45, 2.75) is 11.3 Å². The first-order chi connectivity index (χ1) is 19.5. The summed E-state index contributed by atoms with van der Waals surface area (Å²) in [5.74, 6) is -0.556. The quantitative estimate of drug-likeness (QED) is 0.107. The van der Waals surface area contributed by atoms with Crippen LogP contribution >= 0.6 is 23.1 Å². The van der Waals surface area contributed by atoms with Gasteiger partial charge < -0.3 is 10.6 Å². The van der Waals surface area contributed by atoms with E-state index in [4.69, 9.17) is 0 Å². The van der Waals surface area contributed by atoms with Gasteiger partial charge in [-0.15, -0.1) is 23.1 Å². The maximum atomic E-state index is 13.1. The minimum Gasteiger partial charge on any atom is -0.321 e. The fraction of sp³-hybridized carbons (Fsp3) is 0.0968. The van der Waals surface area contributed by atoms with E-state index in [0.717, 1.165) is 15.5 Å². The lowest BCUT2D eigenvalue weighted by molar-refractivity contribution is -0.113. The predicted molar refractivity (Wildman–Crippen MR) is 158 cm³/mol. The Morgan fingerprint density at radius 3 is 2.15 bits per heavy atom. The van der Waals surface area contributed by atoms with Crippen LogP contribution in [0.3, 0.4) is 0 Å². The summed E-state index contributed by atoms with van der Waals surface area (Å²) in [6.45, 7) is 0.363. The molecule has 2 heterocycles. The van der Waals surface area contributed by atoms with Crippen molar-refractivity contribution in [2.24, 2.45) is 0 Å². The number of benzene rings is 3. The largest absolute Gasteiger partial charge is 0.321 e. The lowest BCUT2D eigenvalue weighted by Gasteiger charge is -2.13. The van der Waals surface area contributed by atoms with Crippen molar-refractivity contribution in [1.82, 2.24) is 10.2 Å². The number of imide groups is 1. The normalized spacial score (nSPS) is 12.8. The van der Waals surface area contributed by atoms with E-state index in [9.17, 15) is 19.2 Å². The van der Waals surface area contributed by atoms with Crippen molar-refractivity contribution in [3.63, 3.8) is 0 Å². The second-order valence-electron chi connectivity index (χ2n) is 8.88. The zero-order chi connectivity index (χ0) is 27.9. The van der Waals surface area contributed by atoms with Gasteiger partial charge in [0.25, 0.3) is 23.6 Å². The molecule has 0 radical (unpaired) electrons. The molecule has 0 bridgehead atoms. The summed E-state index contributed by atoms with van der Waals surface area (Å²) in [5, 5.41) is 7.49. The number of hydrogen-bond acceptors (Lipinski definition) is 6. The fourth-order valence-electron chi connectivity index (χ4n) is 4.15. The molecule has 4 aromatic rings. The molecule has 2 N–H and O–H groups in total. The third-order valence-electron chi connectivity index (χ3n) is 6.14. The van der Waals surface area contributed by atoms with E-state index in [1.165, 1.54) is 16.2 Å². The molecule has 0 atom stereocenters. The molecular weight excluding hydrogens is 542 g/mol. The zero-order valence-electron chi connectivity index (χ0n) is 21.3. The summed E-state index contributed by atoms with van der Waals surface area (Å²) in [6.07, 6.45) is 2.31. The van der Waals surface area contributed by atoms with Gasteiger partial charge in [-0.3, -0.25) is 24.1 Å². The van der Waals surface area contributed by atoms with E-state index in [1.807, 2.05) is 35.7 Å². The molecule has 7 nitrogen and oxygen atoms in total. The summed E-state index contributed by atoms with van der Waals surface area (Å²) < 4.78 is 0. The minimum atomic E-state index is -0.431. The Balaban J connectivity index is 1.15. The summed E-state index contributed by atoms with van der Waals surface area (Å²) in [6, 6.07) is 26.7. The number of fused-ring (bicyclic) bond motifs is 1. The Labute approximate surface area is 239 Å². The summed E-state index contributed by atoms with van der Waals surface area (Å²) in [7, 11) is 0. The molecule has 0 fully saturated rings. The molecule has 0 aliphatic carbocycles. The van der Waals surface area contributed by atoms with Crippen LogP contribution < -0.4 is 10.6 Å². The van der Waals surface area contributed by atoms with E-state index in [-0.39, 0.29) is 23.4 Å². The van der Waals surface area contributed by atoms with Crippen LogP contribution in [-0.2, 0) is 4.79 Å². The van der Waals surface area contributed by atoms with E-state index in [2.05, 4.69) is 10.6 Å². The Hall–Kier alpha value is -4.47. The first-order valence-electron chi connectivity index (χ1n) is 12.6. The molecule has 40 heavy (non-hydrogen) atoms. The van der Waals surface area contributed by atoms with Gasteiger partial charge in [0.2, 0.25) is 0 Å². The van der Waals surface area contributed by atoms with Gasteiger partial charge in [0, 0.05) is 27.6 Å². The average Bonchev–Trinajstić information content (AvgIpc) is 3.58. The van der Waals surface area contributed by atoms with Crippen molar-refractivity contribution in [3.8, 4) is 0 Å². The SMILES string of the molecule is O=C(Nc1ccc(SCCCN2C(=O)c3ccccc3C2=O)cc1)/C(=C/c1cccs1)NC(=O)c1ccccc1. The summed E-state index contributed by atoms with van der Waals surface area (Å²) in [5.41, 5.74) is 2.11. The van der Waals surface area contributed by atoms with E-state index in [0.29, 0.717) is 35.3 Å². The summed E-state index contributed by atoms with van der Waals surface area (Å²) in [4.78, 5) is 54.0. The van der Waals surface area contributed by atoms with Gasteiger partial charge in [-0.2, -0.15) is 0 Å². The highest BCUT2D eigenvalue weighted by molar-refractivity contribution is 7.99. The van der Waals surface area contributed by atoms with Crippen molar-refractivity contribution in [2.75, 3.05) is 17.6 Å². The number of amides is 4. The molecule has 200 valence electrons. The summed E-state index contributed by atoms with van der Waals surface area (Å²) >= 11 is 3.07. The number of anilines is 1. The second-order valence-corrected chi connectivity index (χ2v) is 11.0. The lowest BCUT2D eigenvalue weighted by atomic mass is 10.1. The molecule has 1 aliphatic rings. The number of thioether (sulfide) groups is 1. The third kappa shape index (κ3) is 6.39. The van der Waals surface area contributed by atoms with Crippen molar-refractivity contribution < 1.29 is 19.2 Å². The molecule has 0 unspecified atom stereocenters. The Bertz CT molecular complexity index is 1530. The maximum absolute atomic E-state index is 13.1. The topological polar surface area (TPSA) is 95.6 Å². The minimum absolute atomic E-state index is 0.142. The van der Waals surface area contributed by atoms with E-state index >= 15 is 0 Å². The second kappa shape index (κ2) is 12.6. The Kier molecular flexibility index (Phi) is 8.53. The molecule has 5 rings (SSSR count). The van der Waals surface area contributed by atoms with E-state index in [1.54, 1.807) is 78.5 Å². The number of thiophene rings is 1. The lowest BCUT2D eigenvalue weighted by Crippen LogP contribution is -2.31. The number of carbonyl (C=O) groups is 4. The van der Waals surface area contributed by atoms with Crippen LogP contribution in [0.25, 0.3) is 6.08 Å². The van der Waals surface area contributed by atoms with Gasteiger partial charge in [0.15, 0.2) is 0 Å². The Morgan fingerprint density at radius 1 is 0.825 bits per heavy atom. The van der Waals surface area contributed by atoms with Crippen LogP contribution in [0.5, 0.6) is 0 Å². The number of rotatable bonds is 10. The number of hydrogen-bond donors (Lipinski definition) is 2. The van der Waals surface area contributed by atoms with Gasteiger partial charge in [-0.05, 0) is 78.2 Å².